The fourth-order valence-corrected chi connectivity index (χ4v) is 5.45. The van der Waals surface area contributed by atoms with Crippen molar-refractivity contribution >= 4 is 28.2 Å². The summed E-state index contributed by atoms with van der Waals surface area (Å²) in [5.74, 6) is 0.695. The van der Waals surface area contributed by atoms with E-state index in [0.717, 1.165) is 60.6 Å². The summed E-state index contributed by atoms with van der Waals surface area (Å²) in [6, 6.07) is 13.9. The lowest BCUT2D eigenvalue weighted by Gasteiger charge is -2.40. The normalized spacial score (nSPS) is 15.8. The Labute approximate surface area is 228 Å². The van der Waals surface area contributed by atoms with Crippen molar-refractivity contribution in [2.75, 3.05) is 31.1 Å². The first-order valence-electron chi connectivity index (χ1n) is 13.4. The second-order valence-corrected chi connectivity index (χ2v) is 11.2. The molecule has 2 aromatic heterocycles. The topological polar surface area (TPSA) is 82.9 Å². The minimum atomic E-state index is -0.378. The molecule has 0 saturated carbocycles. The third-order valence-electron chi connectivity index (χ3n) is 8.01. The highest BCUT2D eigenvalue weighted by molar-refractivity contribution is 6.30. The molecule has 8 nitrogen and oxygen atoms in total. The van der Waals surface area contributed by atoms with Crippen molar-refractivity contribution < 1.29 is 0 Å². The van der Waals surface area contributed by atoms with Gasteiger partial charge in [-0.2, -0.15) is 0 Å². The second-order valence-electron chi connectivity index (χ2n) is 10.8. The van der Waals surface area contributed by atoms with E-state index in [0.29, 0.717) is 11.4 Å². The summed E-state index contributed by atoms with van der Waals surface area (Å²) in [6.45, 7) is 13.7. The van der Waals surface area contributed by atoms with Gasteiger partial charge in [-0.15, -0.1) is 5.10 Å². The Morgan fingerprint density at radius 2 is 1.82 bits per heavy atom. The standard InChI is InChI=1S/C29H36ClN7O/c1-6-20-9-11-24-21(16-20)17-23(28(38)31-24)26(27-32-33-34-37(27)29(4,5)7-2)36-14-12-35(13-15-36)25-18-22(30)10-8-19(25)3/h8-11,16-18,26H,6-7,12-15H2,1-5H3,(H,31,38). The molecule has 1 aliphatic heterocycles. The average molecular weight is 534 g/mol. The molecule has 0 amide bonds. The van der Waals surface area contributed by atoms with Crippen LogP contribution >= 0.6 is 11.6 Å². The number of tetrazole rings is 1. The Morgan fingerprint density at radius 1 is 1.05 bits per heavy atom. The van der Waals surface area contributed by atoms with Gasteiger partial charge < -0.3 is 9.88 Å². The summed E-state index contributed by atoms with van der Waals surface area (Å²) < 4.78 is 1.90. The number of hydrogen-bond acceptors (Lipinski definition) is 6. The number of nitrogens with zero attached hydrogens (tertiary/aromatic N) is 6. The number of aryl methyl sites for hydroxylation is 2. The van der Waals surface area contributed by atoms with Crippen LogP contribution in [0.2, 0.25) is 5.02 Å². The van der Waals surface area contributed by atoms with Gasteiger partial charge in [-0.1, -0.05) is 37.6 Å². The number of hydrogen-bond donors (Lipinski definition) is 1. The van der Waals surface area contributed by atoms with Gasteiger partial charge in [0.1, 0.15) is 6.04 Å². The van der Waals surface area contributed by atoms with E-state index in [1.165, 1.54) is 11.1 Å². The molecular weight excluding hydrogens is 498 g/mol. The number of aromatic nitrogens is 5. The molecule has 1 atom stereocenters. The zero-order valence-corrected chi connectivity index (χ0v) is 23.6. The largest absolute Gasteiger partial charge is 0.369 e. The van der Waals surface area contributed by atoms with E-state index < -0.39 is 0 Å². The highest BCUT2D eigenvalue weighted by Gasteiger charge is 2.36. The molecule has 0 radical (unpaired) electrons. The Bertz CT molecular complexity index is 1500. The fourth-order valence-electron chi connectivity index (χ4n) is 5.28. The number of H-pyrrole nitrogens is 1. The van der Waals surface area contributed by atoms with Gasteiger partial charge in [-0.05, 0) is 90.9 Å². The molecule has 0 spiro atoms. The summed E-state index contributed by atoms with van der Waals surface area (Å²) in [5.41, 5.74) is 4.69. The summed E-state index contributed by atoms with van der Waals surface area (Å²) in [5, 5.41) is 14.7. The predicted octanol–water partition coefficient (Wildman–Crippen LogP) is 5.10. The van der Waals surface area contributed by atoms with Crippen LogP contribution in [0, 0.1) is 6.92 Å². The smallest absolute Gasteiger partial charge is 0.253 e. The van der Waals surface area contributed by atoms with Crippen molar-refractivity contribution in [3.05, 3.63) is 80.4 Å². The molecule has 3 heterocycles. The van der Waals surface area contributed by atoms with Gasteiger partial charge in [-0.3, -0.25) is 9.69 Å². The van der Waals surface area contributed by atoms with Gasteiger partial charge in [0.2, 0.25) is 0 Å². The summed E-state index contributed by atoms with van der Waals surface area (Å²) >= 11 is 6.32. The maximum atomic E-state index is 13.6. The molecule has 1 fully saturated rings. The van der Waals surface area contributed by atoms with Crippen LogP contribution in [0.5, 0.6) is 0 Å². The molecule has 200 valence electrons. The second kappa shape index (κ2) is 10.5. The van der Waals surface area contributed by atoms with E-state index in [9.17, 15) is 4.79 Å². The van der Waals surface area contributed by atoms with Crippen molar-refractivity contribution in [2.24, 2.45) is 0 Å². The molecule has 38 heavy (non-hydrogen) atoms. The monoisotopic (exact) mass is 533 g/mol. The van der Waals surface area contributed by atoms with E-state index in [1.54, 1.807) is 0 Å². The van der Waals surface area contributed by atoms with Crippen LogP contribution in [-0.4, -0.2) is 56.3 Å². The van der Waals surface area contributed by atoms with E-state index >= 15 is 0 Å². The van der Waals surface area contributed by atoms with Gasteiger partial charge in [-0.25, -0.2) is 4.68 Å². The van der Waals surface area contributed by atoms with Crippen LogP contribution in [0.4, 0.5) is 5.69 Å². The Kier molecular flexibility index (Phi) is 7.29. The molecule has 5 rings (SSSR count). The van der Waals surface area contributed by atoms with Crippen LogP contribution in [-0.2, 0) is 12.0 Å². The maximum absolute atomic E-state index is 13.6. The number of piperazine rings is 1. The number of nitrogens with one attached hydrogen (secondary N) is 1. The maximum Gasteiger partial charge on any atom is 0.253 e. The van der Waals surface area contributed by atoms with Crippen LogP contribution in [0.25, 0.3) is 10.9 Å². The van der Waals surface area contributed by atoms with Crippen LogP contribution < -0.4 is 10.5 Å². The fraction of sp³-hybridized carbons (Fsp3) is 0.448. The average Bonchev–Trinajstić information content (AvgIpc) is 3.41. The highest BCUT2D eigenvalue weighted by Crippen LogP contribution is 2.33. The molecule has 1 aliphatic rings. The third kappa shape index (κ3) is 4.95. The first-order valence-corrected chi connectivity index (χ1v) is 13.8. The van der Waals surface area contributed by atoms with Gasteiger partial charge in [0, 0.05) is 48.0 Å². The zero-order chi connectivity index (χ0) is 27.0. The van der Waals surface area contributed by atoms with Crippen molar-refractivity contribution in [1.82, 2.24) is 30.1 Å². The predicted molar refractivity (Wildman–Crippen MR) is 153 cm³/mol. The summed E-state index contributed by atoms with van der Waals surface area (Å²) in [4.78, 5) is 21.4. The Hall–Kier alpha value is -3.23. The lowest BCUT2D eigenvalue weighted by molar-refractivity contribution is 0.186. The number of fused-ring (bicyclic) bond motifs is 1. The minimum Gasteiger partial charge on any atom is -0.369 e. The summed E-state index contributed by atoms with van der Waals surface area (Å²) in [7, 11) is 0. The molecule has 1 saturated heterocycles. The van der Waals surface area contributed by atoms with E-state index in [4.69, 9.17) is 11.6 Å². The lowest BCUT2D eigenvalue weighted by Crippen LogP contribution is -2.49. The molecule has 2 aromatic carbocycles. The van der Waals surface area contributed by atoms with E-state index in [-0.39, 0.29) is 17.1 Å². The van der Waals surface area contributed by atoms with Crippen molar-refractivity contribution in [1.29, 1.82) is 0 Å². The molecule has 0 aliphatic carbocycles. The van der Waals surface area contributed by atoms with Gasteiger partial charge in [0.15, 0.2) is 5.82 Å². The summed E-state index contributed by atoms with van der Waals surface area (Å²) in [6.07, 6.45) is 1.79. The molecular formula is C29H36ClN7O. The highest BCUT2D eigenvalue weighted by atomic mass is 35.5. The van der Waals surface area contributed by atoms with Gasteiger partial charge in [0.05, 0.1) is 5.54 Å². The minimum absolute atomic E-state index is 0.108. The van der Waals surface area contributed by atoms with Crippen molar-refractivity contribution in [3.8, 4) is 0 Å². The van der Waals surface area contributed by atoms with Gasteiger partial charge in [0.25, 0.3) is 5.56 Å². The van der Waals surface area contributed by atoms with E-state index in [2.05, 4.69) is 83.1 Å². The van der Waals surface area contributed by atoms with Crippen molar-refractivity contribution in [2.45, 2.75) is 59.0 Å². The number of anilines is 1. The number of pyridine rings is 1. The number of aromatic amines is 1. The molecule has 0 bridgehead atoms. The molecule has 1 N–H and O–H groups in total. The first-order chi connectivity index (χ1) is 18.2. The zero-order valence-electron chi connectivity index (χ0n) is 22.8. The lowest BCUT2D eigenvalue weighted by atomic mass is 9.98. The van der Waals surface area contributed by atoms with Gasteiger partial charge >= 0.3 is 0 Å². The third-order valence-corrected chi connectivity index (χ3v) is 8.24. The van der Waals surface area contributed by atoms with Crippen LogP contribution in [0.3, 0.4) is 0 Å². The first kappa shape index (κ1) is 26.4. The SMILES string of the molecule is CCc1ccc2[nH]c(=O)c(C(c3nnnn3C(C)(C)CC)N3CCN(c4cc(Cl)ccc4C)CC3)cc2c1. The number of rotatable bonds is 7. The Balaban J connectivity index is 1.57. The van der Waals surface area contributed by atoms with Crippen LogP contribution in [0.1, 0.15) is 62.7 Å². The van der Waals surface area contributed by atoms with Crippen molar-refractivity contribution in [3.63, 3.8) is 0 Å². The number of halogens is 1. The molecule has 4 aromatic rings. The van der Waals surface area contributed by atoms with Crippen LogP contribution in [0.15, 0.2) is 47.3 Å². The quantitative estimate of drug-likeness (QED) is 0.356. The Morgan fingerprint density at radius 3 is 2.53 bits per heavy atom. The molecule has 1 unspecified atom stereocenters. The number of benzene rings is 2. The van der Waals surface area contributed by atoms with E-state index in [1.807, 2.05) is 28.9 Å². The molecule has 9 heteroatoms.